The summed E-state index contributed by atoms with van der Waals surface area (Å²) in [6, 6.07) is 7.90. The van der Waals surface area contributed by atoms with Crippen LogP contribution in [0.4, 0.5) is 0 Å². The Morgan fingerprint density at radius 1 is 0.900 bits per heavy atom. The molecular formula is C26H28O14. The number of rotatable bonds is 5. The molecule has 3 aromatic rings. The molecule has 0 amide bonds. The normalized spacial score (nSPS) is 32.8. The van der Waals surface area contributed by atoms with E-state index in [0.29, 0.717) is 5.56 Å². The Hall–Kier alpha value is -3.31. The summed E-state index contributed by atoms with van der Waals surface area (Å²) in [5.74, 6) is -1.32. The number of ether oxygens (including phenoxy) is 3. The molecule has 216 valence electrons. The van der Waals surface area contributed by atoms with Crippen molar-refractivity contribution in [2.24, 2.45) is 0 Å². The molecule has 14 heteroatoms. The smallest absolute Gasteiger partial charge is 0.197 e. The number of phenols is 3. The first-order valence-corrected chi connectivity index (χ1v) is 12.3. The number of aliphatic hydroxyl groups excluding tert-OH is 6. The van der Waals surface area contributed by atoms with Gasteiger partial charge in [0.1, 0.15) is 82.8 Å². The maximum absolute atomic E-state index is 13.1. The van der Waals surface area contributed by atoms with Crippen LogP contribution in [0.15, 0.2) is 45.6 Å². The van der Waals surface area contributed by atoms with Crippen LogP contribution in [0.3, 0.4) is 0 Å². The zero-order valence-electron chi connectivity index (χ0n) is 20.6. The lowest BCUT2D eigenvalue weighted by Crippen LogP contribution is -2.61. The van der Waals surface area contributed by atoms with Crippen molar-refractivity contribution in [2.45, 2.75) is 55.1 Å². The van der Waals surface area contributed by atoms with Crippen LogP contribution in [0, 0.1) is 0 Å². The van der Waals surface area contributed by atoms with Gasteiger partial charge in [-0.1, -0.05) is 0 Å². The van der Waals surface area contributed by atoms with Crippen LogP contribution in [0.25, 0.3) is 22.3 Å². The summed E-state index contributed by atoms with van der Waals surface area (Å²) < 4.78 is 22.3. The minimum Gasteiger partial charge on any atom is -0.508 e. The largest absolute Gasteiger partial charge is 0.508 e. The predicted molar refractivity (Wildman–Crippen MR) is 132 cm³/mol. The molecule has 9 atom stereocenters. The second-order valence-corrected chi connectivity index (χ2v) is 9.66. The van der Waals surface area contributed by atoms with Gasteiger partial charge in [-0.15, -0.1) is 0 Å². The van der Waals surface area contributed by atoms with E-state index >= 15 is 0 Å². The van der Waals surface area contributed by atoms with Crippen LogP contribution in [0.1, 0.15) is 11.7 Å². The predicted octanol–water partition coefficient (Wildman–Crippen LogP) is -1.45. The van der Waals surface area contributed by atoms with Gasteiger partial charge in [-0.3, -0.25) is 4.79 Å². The van der Waals surface area contributed by atoms with E-state index in [1.807, 2.05) is 0 Å². The molecule has 5 rings (SSSR count). The minimum atomic E-state index is -1.87. The number of phenolic OH excluding ortho intramolecular Hbond substituents is 3. The lowest BCUT2D eigenvalue weighted by atomic mass is 9.91. The van der Waals surface area contributed by atoms with Crippen LogP contribution in [-0.2, 0) is 14.2 Å². The minimum absolute atomic E-state index is 0.00732. The third-order valence-corrected chi connectivity index (χ3v) is 7.06. The Labute approximate surface area is 225 Å². The molecule has 2 aliphatic heterocycles. The third-order valence-electron chi connectivity index (χ3n) is 7.06. The van der Waals surface area contributed by atoms with E-state index in [2.05, 4.69) is 0 Å². The number of benzene rings is 2. The van der Waals surface area contributed by atoms with Crippen molar-refractivity contribution < 1.29 is 64.6 Å². The van der Waals surface area contributed by atoms with Gasteiger partial charge in [0.15, 0.2) is 11.7 Å². The molecule has 0 spiro atoms. The van der Waals surface area contributed by atoms with Gasteiger partial charge in [-0.2, -0.15) is 0 Å². The topological polar surface area (TPSA) is 240 Å². The van der Waals surface area contributed by atoms with E-state index < -0.39 is 90.8 Å². The molecule has 14 nitrogen and oxygen atoms in total. The lowest BCUT2D eigenvalue weighted by Gasteiger charge is -2.44. The maximum Gasteiger partial charge on any atom is 0.197 e. The molecule has 40 heavy (non-hydrogen) atoms. The first kappa shape index (κ1) is 28.2. The summed E-state index contributed by atoms with van der Waals surface area (Å²) in [5, 5.41) is 92.1. The molecule has 2 saturated heterocycles. The van der Waals surface area contributed by atoms with E-state index in [1.54, 1.807) is 0 Å². The molecule has 0 bridgehead atoms. The van der Waals surface area contributed by atoms with E-state index in [1.165, 1.54) is 24.3 Å². The van der Waals surface area contributed by atoms with Gasteiger partial charge < -0.3 is 64.6 Å². The molecular weight excluding hydrogens is 536 g/mol. The van der Waals surface area contributed by atoms with E-state index in [4.69, 9.17) is 18.6 Å². The van der Waals surface area contributed by atoms with Crippen molar-refractivity contribution in [1.82, 2.24) is 0 Å². The standard InChI is InChI=1S/C26H28O14/c27-7-16-20(33)22(35)23(36)26(39-16)40-25-19(32)13(31)8-37-24(25)18-12(30)6-15-17(21(18)34)11(29)5-14(38-15)9-1-3-10(28)4-2-9/h1-6,13,16,19-20,22-28,30-36H,7-8H2/t13-,16+,19-,20+,22-,23+,24-,25+,26-/m0/s1. The van der Waals surface area contributed by atoms with E-state index in [-0.39, 0.29) is 22.5 Å². The highest BCUT2D eigenvalue weighted by Crippen LogP contribution is 2.45. The van der Waals surface area contributed by atoms with Gasteiger partial charge in [-0.25, -0.2) is 0 Å². The fourth-order valence-corrected chi connectivity index (χ4v) is 4.88. The SMILES string of the molecule is O=c1cc(-c2ccc(O)cc2)oc2cc(O)c([C@@H]3OC[C@H](O)[C@H](O)[C@H]3O[C@@H]3O[C@H](CO)[C@@H](O)[C@H](O)[C@H]3O)c(O)c12. The van der Waals surface area contributed by atoms with Gasteiger partial charge >= 0.3 is 0 Å². The summed E-state index contributed by atoms with van der Waals surface area (Å²) in [4.78, 5) is 13.1. The van der Waals surface area contributed by atoms with Gasteiger partial charge in [0.2, 0.25) is 0 Å². The lowest BCUT2D eigenvalue weighted by molar-refractivity contribution is -0.336. The first-order chi connectivity index (χ1) is 19.0. The average molecular weight is 564 g/mol. The highest BCUT2D eigenvalue weighted by atomic mass is 16.7. The fraction of sp³-hybridized carbons (Fsp3) is 0.423. The van der Waals surface area contributed by atoms with Crippen LogP contribution in [0.5, 0.6) is 17.2 Å². The first-order valence-electron chi connectivity index (χ1n) is 12.3. The monoisotopic (exact) mass is 564 g/mol. The molecule has 2 fully saturated rings. The number of hydrogen-bond acceptors (Lipinski definition) is 14. The molecule has 0 radical (unpaired) electrons. The molecule has 0 aliphatic carbocycles. The Bertz CT molecular complexity index is 1420. The number of aromatic hydroxyl groups is 3. The van der Waals surface area contributed by atoms with Crippen molar-refractivity contribution in [3.05, 3.63) is 52.2 Å². The van der Waals surface area contributed by atoms with Gasteiger partial charge in [0.05, 0.1) is 18.8 Å². The molecule has 2 aliphatic rings. The summed E-state index contributed by atoms with van der Waals surface area (Å²) >= 11 is 0. The van der Waals surface area contributed by atoms with Crippen LogP contribution >= 0.6 is 0 Å². The molecule has 3 heterocycles. The highest BCUT2D eigenvalue weighted by Gasteiger charge is 2.49. The van der Waals surface area contributed by atoms with Crippen molar-refractivity contribution in [2.75, 3.05) is 13.2 Å². The van der Waals surface area contributed by atoms with Crippen molar-refractivity contribution in [1.29, 1.82) is 0 Å². The Kier molecular flexibility index (Phi) is 7.71. The van der Waals surface area contributed by atoms with Crippen molar-refractivity contribution >= 4 is 11.0 Å². The van der Waals surface area contributed by atoms with Gasteiger partial charge in [-0.05, 0) is 24.3 Å². The fourth-order valence-electron chi connectivity index (χ4n) is 4.88. The Morgan fingerprint density at radius 3 is 2.27 bits per heavy atom. The highest BCUT2D eigenvalue weighted by molar-refractivity contribution is 5.88. The Morgan fingerprint density at radius 2 is 1.60 bits per heavy atom. The summed E-state index contributed by atoms with van der Waals surface area (Å²) in [6.07, 6.45) is -14.9. The van der Waals surface area contributed by atoms with Gasteiger partial charge in [0.25, 0.3) is 0 Å². The van der Waals surface area contributed by atoms with Crippen LogP contribution < -0.4 is 5.43 Å². The zero-order chi connectivity index (χ0) is 28.9. The number of aliphatic hydroxyl groups is 6. The zero-order valence-corrected chi connectivity index (χ0v) is 20.6. The average Bonchev–Trinajstić information content (AvgIpc) is 2.92. The van der Waals surface area contributed by atoms with E-state index in [9.17, 15) is 50.8 Å². The molecule has 0 unspecified atom stereocenters. The summed E-state index contributed by atoms with van der Waals surface area (Å²) in [7, 11) is 0. The summed E-state index contributed by atoms with van der Waals surface area (Å²) in [5.41, 5.74) is -0.874. The second-order valence-electron chi connectivity index (χ2n) is 9.66. The molecule has 0 saturated carbocycles. The van der Waals surface area contributed by atoms with Crippen LogP contribution in [0.2, 0.25) is 0 Å². The molecule has 1 aromatic heterocycles. The molecule has 9 N–H and O–H groups in total. The van der Waals surface area contributed by atoms with E-state index in [0.717, 1.165) is 12.1 Å². The number of hydrogen-bond donors (Lipinski definition) is 9. The second kappa shape index (κ2) is 10.9. The van der Waals surface area contributed by atoms with Crippen LogP contribution in [-0.4, -0.2) is 108 Å². The van der Waals surface area contributed by atoms with Crippen molar-refractivity contribution in [3.63, 3.8) is 0 Å². The quantitative estimate of drug-likeness (QED) is 0.172. The third kappa shape index (κ3) is 4.89. The van der Waals surface area contributed by atoms with Gasteiger partial charge in [0, 0.05) is 17.7 Å². The molecule has 2 aromatic carbocycles. The summed E-state index contributed by atoms with van der Waals surface area (Å²) in [6.45, 7) is -1.24. The Balaban J connectivity index is 1.54. The maximum atomic E-state index is 13.1. The number of fused-ring (bicyclic) bond motifs is 1. The van der Waals surface area contributed by atoms with Crippen molar-refractivity contribution in [3.8, 4) is 28.6 Å².